The molecule has 1 aromatic heterocycles. The number of halogens is 1. The highest BCUT2D eigenvalue weighted by Crippen LogP contribution is 2.48. The molecule has 0 aliphatic carbocycles. The van der Waals surface area contributed by atoms with Crippen molar-refractivity contribution in [3.8, 4) is 5.69 Å². The Morgan fingerprint density at radius 3 is 2.26 bits per heavy atom. The molecule has 0 spiro atoms. The Morgan fingerprint density at radius 1 is 0.833 bits per heavy atom. The number of aromatic nitrogens is 2. The molecule has 9 heteroatoms. The number of benzene rings is 4. The number of fused-ring (bicyclic) bond motifs is 4. The summed E-state index contributed by atoms with van der Waals surface area (Å²) in [6, 6.07) is 33.3. The van der Waals surface area contributed by atoms with Crippen molar-refractivity contribution in [1.29, 1.82) is 0 Å². The van der Waals surface area contributed by atoms with Crippen LogP contribution in [-0.4, -0.2) is 27.4 Å². The van der Waals surface area contributed by atoms with Crippen molar-refractivity contribution >= 4 is 57.7 Å². The highest BCUT2D eigenvalue weighted by molar-refractivity contribution is 6.51. The van der Waals surface area contributed by atoms with Crippen LogP contribution in [-0.2, 0) is 4.79 Å². The number of rotatable bonds is 4. The van der Waals surface area contributed by atoms with Gasteiger partial charge in [-0.1, -0.05) is 54.1 Å². The SMILES string of the molecule is CC(=O)Nc1ccc(NC2=Nc3ccccc3N3C2=Nc2c(c(C)nn2-c2ccccc2)C3c2ccc(Cl)cc2)cc1. The molecule has 2 N–H and O–H groups in total. The van der Waals surface area contributed by atoms with Crippen molar-refractivity contribution in [2.24, 2.45) is 9.98 Å². The first kappa shape index (κ1) is 25.7. The van der Waals surface area contributed by atoms with Crippen LogP contribution >= 0.6 is 11.6 Å². The van der Waals surface area contributed by atoms with Gasteiger partial charge in [0.05, 0.1) is 28.8 Å². The Hall–Kier alpha value is -5.21. The molecule has 1 atom stereocenters. The monoisotopic (exact) mass is 571 g/mol. The number of amides is 1. The molecule has 1 unspecified atom stereocenters. The van der Waals surface area contributed by atoms with Crippen molar-refractivity contribution in [3.05, 3.63) is 125 Å². The van der Waals surface area contributed by atoms with E-state index in [1.54, 1.807) is 0 Å². The molecule has 7 rings (SSSR count). The minimum absolute atomic E-state index is 0.120. The number of nitrogens with one attached hydrogen (secondary N) is 2. The average molecular weight is 572 g/mol. The summed E-state index contributed by atoms with van der Waals surface area (Å²) in [5.41, 5.74) is 7.18. The zero-order valence-corrected chi connectivity index (χ0v) is 23.7. The number of carbonyl (C=O) groups excluding carboxylic acids is 1. The van der Waals surface area contributed by atoms with E-state index >= 15 is 0 Å². The highest BCUT2D eigenvalue weighted by atomic mass is 35.5. The Balaban J connectivity index is 1.43. The number of amidine groups is 2. The minimum atomic E-state index is -0.238. The number of anilines is 3. The van der Waals surface area contributed by atoms with E-state index in [9.17, 15) is 4.79 Å². The quantitative estimate of drug-likeness (QED) is 0.233. The number of hydrogen-bond donors (Lipinski definition) is 2. The Kier molecular flexibility index (Phi) is 6.32. The summed E-state index contributed by atoms with van der Waals surface area (Å²) in [7, 11) is 0. The lowest BCUT2D eigenvalue weighted by Gasteiger charge is -2.40. The number of hydrogen-bond acceptors (Lipinski definition) is 6. The first-order valence-corrected chi connectivity index (χ1v) is 13.9. The second-order valence-electron chi connectivity index (χ2n) is 10.2. The molecular weight excluding hydrogens is 546 g/mol. The standard InChI is InChI=1S/C33H26ClN7O/c1-20-29-30(22-12-14-23(34)15-13-22)40-28-11-7-6-10-27(28)37-31(36-25-18-16-24(17-19-25)35-21(2)42)33(40)38-32(29)41(39-20)26-8-4-3-5-9-26/h3-19,30H,1-2H3,(H,35,42)(H,36,37). The first-order valence-electron chi connectivity index (χ1n) is 13.6. The molecule has 0 saturated heterocycles. The third-order valence-electron chi connectivity index (χ3n) is 7.29. The van der Waals surface area contributed by atoms with E-state index in [1.165, 1.54) is 6.92 Å². The molecule has 42 heavy (non-hydrogen) atoms. The van der Waals surface area contributed by atoms with Crippen molar-refractivity contribution in [2.45, 2.75) is 19.9 Å². The zero-order chi connectivity index (χ0) is 28.8. The lowest BCUT2D eigenvalue weighted by atomic mass is 9.93. The smallest absolute Gasteiger partial charge is 0.221 e. The van der Waals surface area contributed by atoms with Gasteiger partial charge in [0.25, 0.3) is 0 Å². The summed E-state index contributed by atoms with van der Waals surface area (Å²) >= 11 is 6.33. The maximum atomic E-state index is 11.5. The van der Waals surface area contributed by atoms with Gasteiger partial charge < -0.3 is 15.5 Å². The van der Waals surface area contributed by atoms with E-state index in [1.807, 2.05) is 96.5 Å². The van der Waals surface area contributed by atoms with Gasteiger partial charge in [-0.3, -0.25) is 4.79 Å². The lowest BCUT2D eigenvalue weighted by molar-refractivity contribution is -0.114. The maximum absolute atomic E-state index is 11.5. The molecule has 0 radical (unpaired) electrons. The van der Waals surface area contributed by atoms with Crippen LogP contribution in [0.25, 0.3) is 5.69 Å². The van der Waals surface area contributed by atoms with Gasteiger partial charge in [0.1, 0.15) is 0 Å². The van der Waals surface area contributed by atoms with Crippen LogP contribution < -0.4 is 15.5 Å². The molecule has 0 saturated carbocycles. The van der Waals surface area contributed by atoms with Gasteiger partial charge in [0.15, 0.2) is 17.5 Å². The summed E-state index contributed by atoms with van der Waals surface area (Å²) in [5, 5.41) is 11.9. The van der Waals surface area contributed by atoms with Crippen molar-refractivity contribution in [1.82, 2.24) is 9.78 Å². The molecule has 3 heterocycles. The highest BCUT2D eigenvalue weighted by Gasteiger charge is 2.41. The lowest BCUT2D eigenvalue weighted by Crippen LogP contribution is -2.46. The topological polar surface area (TPSA) is 86.9 Å². The summed E-state index contributed by atoms with van der Waals surface area (Å²) in [4.78, 5) is 24.0. The molecule has 1 amide bonds. The minimum Gasteiger partial charge on any atom is -0.337 e. The van der Waals surface area contributed by atoms with Crippen LogP contribution in [0.1, 0.15) is 29.8 Å². The number of aryl methyl sites for hydroxylation is 1. The van der Waals surface area contributed by atoms with Crippen LogP contribution in [0.3, 0.4) is 0 Å². The molecule has 4 aromatic carbocycles. The van der Waals surface area contributed by atoms with Gasteiger partial charge >= 0.3 is 0 Å². The number of aliphatic imine (C=N–C) groups is 2. The normalized spacial score (nSPS) is 15.1. The number of para-hydroxylation sites is 3. The molecule has 2 aliphatic rings. The fourth-order valence-corrected chi connectivity index (χ4v) is 5.61. The van der Waals surface area contributed by atoms with Crippen molar-refractivity contribution < 1.29 is 4.79 Å². The molecule has 5 aromatic rings. The Bertz CT molecular complexity index is 1880. The molecule has 0 bridgehead atoms. The Labute approximate surface area is 248 Å². The molecule has 8 nitrogen and oxygen atoms in total. The summed E-state index contributed by atoms with van der Waals surface area (Å²) in [6.07, 6.45) is 0. The molecule has 206 valence electrons. The zero-order valence-electron chi connectivity index (χ0n) is 22.9. The van der Waals surface area contributed by atoms with Crippen LogP contribution in [0.5, 0.6) is 0 Å². The number of nitrogens with zero attached hydrogens (tertiary/aromatic N) is 5. The second kappa shape index (κ2) is 10.3. The largest absolute Gasteiger partial charge is 0.337 e. The predicted octanol–water partition coefficient (Wildman–Crippen LogP) is 7.59. The van der Waals surface area contributed by atoms with E-state index < -0.39 is 0 Å². The van der Waals surface area contributed by atoms with E-state index in [4.69, 9.17) is 26.7 Å². The Morgan fingerprint density at radius 2 is 1.52 bits per heavy atom. The van der Waals surface area contributed by atoms with E-state index in [0.717, 1.165) is 51.1 Å². The second-order valence-corrected chi connectivity index (χ2v) is 10.6. The third kappa shape index (κ3) is 4.52. The molecule has 2 aliphatic heterocycles. The first-order chi connectivity index (χ1) is 20.5. The van der Waals surface area contributed by atoms with E-state index in [2.05, 4.69) is 33.7 Å². The van der Waals surface area contributed by atoms with E-state index in [0.29, 0.717) is 16.7 Å². The van der Waals surface area contributed by atoms with Gasteiger partial charge in [0, 0.05) is 28.9 Å². The summed E-state index contributed by atoms with van der Waals surface area (Å²) in [5.74, 6) is 1.90. The van der Waals surface area contributed by atoms with Gasteiger partial charge in [-0.25, -0.2) is 14.7 Å². The van der Waals surface area contributed by atoms with Crippen molar-refractivity contribution in [3.63, 3.8) is 0 Å². The summed E-state index contributed by atoms with van der Waals surface area (Å²) < 4.78 is 1.90. The van der Waals surface area contributed by atoms with Crippen LogP contribution in [0, 0.1) is 6.92 Å². The molecule has 0 fully saturated rings. The number of carbonyl (C=O) groups is 1. The van der Waals surface area contributed by atoms with E-state index in [-0.39, 0.29) is 11.9 Å². The molecular formula is C33H26ClN7O. The maximum Gasteiger partial charge on any atom is 0.221 e. The van der Waals surface area contributed by atoms with Gasteiger partial charge in [-0.2, -0.15) is 5.10 Å². The average Bonchev–Trinajstić information content (AvgIpc) is 3.34. The summed E-state index contributed by atoms with van der Waals surface area (Å²) in [6.45, 7) is 3.52. The van der Waals surface area contributed by atoms with Gasteiger partial charge in [-0.05, 0) is 73.2 Å². The van der Waals surface area contributed by atoms with Gasteiger partial charge in [0.2, 0.25) is 5.91 Å². The van der Waals surface area contributed by atoms with Gasteiger partial charge in [-0.15, -0.1) is 0 Å². The fraction of sp³-hybridized carbons (Fsp3) is 0.0909. The van der Waals surface area contributed by atoms with Crippen LogP contribution in [0.2, 0.25) is 5.02 Å². The predicted molar refractivity (Wildman–Crippen MR) is 169 cm³/mol. The third-order valence-corrected chi connectivity index (χ3v) is 7.54. The van der Waals surface area contributed by atoms with Crippen molar-refractivity contribution in [2.75, 3.05) is 15.5 Å². The van der Waals surface area contributed by atoms with Crippen LogP contribution in [0.4, 0.5) is 28.6 Å². The van der Waals surface area contributed by atoms with Crippen LogP contribution in [0.15, 0.2) is 113 Å². The fourth-order valence-electron chi connectivity index (χ4n) is 5.48.